The molecule has 1 N–H and O–H groups in total. The summed E-state index contributed by atoms with van der Waals surface area (Å²) in [5, 5.41) is 0.514. The number of sulfonamides is 1. The van der Waals surface area contributed by atoms with E-state index in [1.54, 1.807) is 43.3 Å². The molecule has 0 saturated heterocycles. The zero-order valence-corrected chi connectivity index (χ0v) is 15.0. The largest absolute Gasteiger partial charge is 0.495 e. The van der Waals surface area contributed by atoms with Gasteiger partial charge in [0.15, 0.2) is 0 Å². The number of hydrogen-bond donors (Lipinski definition) is 1. The topological polar surface area (TPSA) is 58.6 Å². The lowest BCUT2D eigenvalue weighted by Gasteiger charge is -2.15. The highest BCUT2D eigenvalue weighted by atomic mass is 35.5. The molecule has 0 atom stereocenters. The van der Waals surface area contributed by atoms with Crippen LogP contribution in [0.1, 0.15) is 5.56 Å². The quantitative estimate of drug-likeness (QED) is 0.892. The molecule has 2 aromatic rings. The fourth-order valence-corrected chi connectivity index (χ4v) is 3.25. The van der Waals surface area contributed by atoms with Crippen LogP contribution in [-0.4, -0.2) is 29.6 Å². The maximum absolute atomic E-state index is 12.5. The zero-order valence-electron chi connectivity index (χ0n) is 13.4. The third-order valence-electron chi connectivity index (χ3n) is 3.39. The Morgan fingerprint density at radius 2 is 1.74 bits per heavy atom. The van der Waals surface area contributed by atoms with Gasteiger partial charge in [-0.1, -0.05) is 11.6 Å². The van der Waals surface area contributed by atoms with Gasteiger partial charge in [0, 0.05) is 30.9 Å². The molecule has 7 heteroatoms. The molecular formula is C16H19ClN2O3S. The van der Waals surface area contributed by atoms with E-state index in [2.05, 4.69) is 4.72 Å². The number of nitrogens with one attached hydrogen (secondary N) is 1. The Labute approximate surface area is 141 Å². The molecule has 0 saturated carbocycles. The van der Waals surface area contributed by atoms with Crippen LogP contribution in [0.4, 0.5) is 11.4 Å². The summed E-state index contributed by atoms with van der Waals surface area (Å²) in [6.07, 6.45) is 0. The second-order valence-electron chi connectivity index (χ2n) is 5.30. The van der Waals surface area contributed by atoms with Crippen LogP contribution < -0.4 is 14.4 Å². The number of ether oxygens (including phenoxy) is 1. The average Bonchev–Trinajstić information content (AvgIpc) is 2.50. The van der Waals surface area contributed by atoms with Crippen LogP contribution in [0, 0.1) is 6.92 Å². The summed E-state index contributed by atoms with van der Waals surface area (Å²) in [5.74, 6) is 0.370. The van der Waals surface area contributed by atoms with Crippen LogP contribution in [0.15, 0.2) is 41.3 Å². The first-order valence-electron chi connectivity index (χ1n) is 6.89. The second kappa shape index (κ2) is 6.68. The summed E-state index contributed by atoms with van der Waals surface area (Å²) in [5.41, 5.74) is 2.03. The molecule has 5 nitrogen and oxygen atoms in total. The van der Waals surface area contributed by atoms with Gasteiger partial charge < -0.3 is 9.64 Å². The summed E-state index contributed by atoms with van der Waals surface area (Å²) in [6, 6.07) is 9.86. The van der Waals surface area contributed by atoms with E-state index < -0.39 is 10.0 Å². The molecule has 0 amide bonds. The Hall–Kier alpha value is -1.92. The Balaban J connectivity index is 2.36. The minimum absolute atomic E-state index is 0.178. The summed E-state index contributed by atoms with van der Waals surface area (Å²) in [6.45, 7) is 1.80. The fourth-order valence-electron chi connectivity index (χ4n) is 2.04. The molecule has 0 aliphatic rings. The first-order valence-corrected chi connectivity index (χ1v) is 8.75. The highest BCUT2D eigenvalue weighted by Gasteiger charge is 2.17. The number of halogens is 1. The first-order chi connectivity index (χ1) is 10.7. The maximum Gasteiger partial charge on any atom is 0.262 e. The molecule has 0 aliphatic heterocycles. The van der Waals surface area contributed by atoms with E-state index in [4.69, 9.17) is 16.3 Å². The smallest absolute Gasteiger partial charge is 0.262 e. The second-order valence-corrected chi connectivity index (χ2v) is 7.39. The van der Waals surface area contributed by atoms with Crippen molar-refractivity contribution in [3.05, 3.63) is 47.0 Å². The van der Waals surface area contributed by atoms with Crippen molar-refractivity contribution in [1.29, 1.82) is 0 Å². The van der Waals surface area contributed by atoms with Crippen LogP contribution in [0.5, 0.6) is 5.75 Å². The number of benzene rings is 2. The number of nitrogens with zero attached hydrogens (tertiary/aromatic N) is 1. The van der Waals surface area contributed by atoms with Gasteiger partial charge in [-0.25, -0.2) is 8.42 Å². The number of anilines is 2. The van der Waals surface area contributed by atoms with Gasteiger partial charge in [0.1, 0.15) is 5.75 Å². The molecule has 2 aromatic carbocycles. The lowest BCUT2D eigenvalue weighted by Crippen LogP contribution is -2.14. The van der Waals surface area contributed by atoms with E-state index in [-0.39, 0.29) is 4.90 Å². The molecule has 0 fully saturated rings. The number of methoxy groups -OCH3 is 1. The Morgan fingerprint density at radius 1 is 1.13 bits per heavy atom. The SMILES string of the molecule is COc1cc(Cl)c(C)cc1NS(=O)(=O)c1ccc(N(C)C)cc1. The monoisotopic (exact) mass is 354 g/mol. The molecule has 0 aromatic heterocycles. The highest BCUT2D eigenvalue weighted by molar-refractivity contribution is 7.92. The van der Waals surface area contributed by atoms with Crippen LogP contribution in [0.3, 0.4) is 0 Å². The molecule has 0 spiro atoms. The first kappa shape index (κ1) is 17.4. The van der Waals surface area contributed by atoms with Gasteiger partial charge in [-0.15, -0.1) is 0 Å². The molecule has 0 heterocycles. The predicted octanol–water partition coefficient (Wildman–Crippen LogP) is 3.52. The van der Waals surface area contributed by atoms with E-state index in [1.165, 1.54) is 7.11 Å². The van der Waals surface area contributed by atoms with Crippen molar-refractivity contribution in [2.24, 2.45) is 0 Å². The summed E-state index contributed by atoms with van der Waals surface area (Å²) in [4.78, 5) is 2.08. The molecule has 124 valence electrons. The van der Waals surface area contributed by atoms with Crippen molar-refractivity contribution in [2.45, 2.75) is 11.8 Å². The third-order valence-corrected chi connectivity index (χ3v) is 5.18. The predicted molar refractivity (Wildman–Crippen MR) is 94.3 cm³/mol. The van der Waals surface area contributed by atoms with Crippen LogP contribution in [-0.2, 0) is 10.0 Å². The van der Waals surface area contributed by atoms with Gasteiger partial charge in [0.2, 0.25) is 0 Å². The average molecular weight is 355 g/mol. The van der Waals surface area contributed by atoms with Gasteiger partial charge >= 0.3 is 0 Å². The lowest BCUT2D eigenvalue weighted by atomic mass is 10.2. The number of rotatable bonds is 5. The van der Waals surface area contributed by atoms with Crippen LogP contribution in [0.2, 0.25) is 5.02 Å². The minimum atomic E-state index is -3.71. The van der Waals surface area contributed by atoms with Crippen molar-refractivity contribution in [1.82, 2.24) is 0 Å². The lowest BCUT2D eigenvalue weighted by molar-refractivity contribution is 0.417. The Morgan fingerprint density at radius 3 is 2.26 bits per heavy atom. The fraction of sp³-hybridized carbons (Fsp3) is 0.250. The van der Waals surface area contributed by atoms with E-state index >= 15 is 0 Å². The van der Waals surface area contributed by atoms with Gasteiger partial charge in [-0.3, -0.25) is 4.72 Å². The third kappa shape index (κ3) is 3.89. The molecule has 2 rings (SSSR count). The molecule has 0 bridgehead atoms. The molecular weight excluding hydrogens is 336 g/mol. The molecule has 0 radical (unpaired) electrons. The van der Waals surface area contributed by atoms with Crippen molar-refractivity contribution < 1.29 is 13.2 Å². The van der Waals surface area contributed by atoms with Crippen LogP contribution >= 0.6 is 11.6 Å². The molecule has 0 unspecified atom stereocenters. The zero-order chi connectivity index (χ0) is 17.2. The van der Waals surface area contributed by atoms with E-state index in [1.807, 2.05) is 19.0 Å². The van der Waals surface area contributed by atoms with Gasteiger partial charge in [-0.2, -0.15) is 0 Å². The van der Waals surface area contributed by atoms with Gasteiger partial charge in [0.25, 0.3) is 10.0 Å². The number of hydrogen-bond acceptors (Lipinski definition) is 4. The highest BCUT2D eigenvalue weighted by Crippen LogP contribution is 2.32. The van der Waals surface area contributed by atoms with Crippen LogP contribution in [0.25, 0.3) is 0 Å². The van der Waals surface area contributed by atoms with Crippen molar-refractivity contribution in [3.63, 3.8) is 0 Å². The summed E-state index contributed by atoms with van der Waals surface area (Å²) < 4.78 is 32.8. The van der Waals surface area contributed by atoms with E-state index in [0.29, 0.717) is 16.5 Å². The summed E-state index contributed by atoms with van der Waals surface area (Å²) in [7, 11) is 1.54. The summed E-state index contributed by atoms with van der Waals surface area (Å²) >= 11 is 6.04. The van der Waals surface area contributed by atoms with Crippen molar-refractivity contribution in [2.75, 3.05) is 30.8 Å². The Bertz CT molecular complexity index is 803. The minimum Gasteiger partial charge on any atom is -0.495 e. The van der Waals surface area contributed by atoms with Crippen molar-refractivity contribution >= 4 is 33.0 Å². The maximum atomic E-state index is 12.5. The van der Waals surface area contributed by atoms with Gasteiger partial charge in [-0.05, 0) is 42.8 Å². The van der Waals surface area contributed by atoms with E-state index in [0.717, 1.165) is 11.3 Å². The Kier molecular flexibility index (Phi) is 5.06. The number of aryl methyl sites for hydroxylation is 1. The molecule has 0 aliphatic carbocycles. The van der Waals surface area contributed by atoms with E-state index in [9.17, 15) is 8.42 Å². The van der Waals surface area contributed by atoms with Crippen molar-refractivity contribution in [3.8, 4) is 5.75 Å². The van der Waals surface area contributed by atoms with Gasteiger partial charge in [0.05, 0.1) is 17.7 Å². The standard InChI is InChI=1S/C16H19ClN2O3S/c1-11-9-15(16(22-4)10-14(11)17)18-23(20,21)13-7-5-12(6-8-13)19(2)3/h5-10,18H,1-4H3. The molecule has 23 heavy (non-hydrogen) atoms. The normalized spacial score (nSPS) is 11.2.